The van der Waals surface area contributed by atoms with E-state index in [1.807, 2.05) is 48.5 Å². The number of phenols is 1. The van der Waals surface area contributed by atoms with E-state index in [-0.39, 0.29) is 0 Å². The molecule has 104 valence electrons. The third kappa shape index (κ3) is 1.39. The number of furan rings is 1. The Hall–Kier alpha value is -3.00. The van der Waals surface area contributed by atoms with Gasteiger partial charge in [0, 0.05) is 21.5 Å². The second kappa shape index (κ2) is 4.01. The highest BCUT2D eigenvalue weighted by molar-refractivity contribution is 6.23. The minimum Gasteiger partial charge on any atom is -0.507 e. The van der Waals surface area contributed by atoms with Crippen LogP contribution in [0.15, 0.2) is 71.1 Å². The molecule has 0 radical (unpaired) electrons. The van der Waals surface area contributed by atoms with Crippen LogP contribution in [-0.4, -0.2) is 5.11 Å². The summed E-state index contributed by atoms with van der Waals surface area (Å²) in [5, 5.41) is 16.5. The van der Waals surface area contributed by atoms with Crippen LogP contribution in [-0.2, 0) is 0 Å². The fourth-order valence-corrected chi connectivity index (χ4v) is 3.35. The lowest BCUT2D eigenvalue weighted by Gasteiger charge is -2.02. The lowest BCUT2D eigenvalue weighted by atomic mass is 10.0. The molecule has 0 bridgehead atoms. The quantitative estimate of drug-likeness (QED) is 0.401. The molecule has 0 atom stereocenters. The predicted molar refractivity (Wildman–Crippen MR) is 90.4 cm³/mol. The maximum atomic E-state index is 10.4. The summed E-state index contributed by atoms with van der Waals surface area (Å²) in [5.74, 6) is 0.290. The van der Waals surface area contributed by atoms with Gasteiger partial charge in [0.2, 0.25) is 0 Å². The Morgan fingerprint density at radius 1 is 0.682 bits per heavy atom. The Morgan fingerprint density at radius 2 is 1.41 bits per heavy atom. The Bertz CT molecular complexity index is 1180. The number of hydrogen-bond donors (Lipinski definition) is 1. The molecule has 2 heteroatoms. The number of fused-ring (bicyclic) bond motifs is 7. The van der Waals surface area contributed by atoms with Crippen LogP contribution in [0.5, 0.6) is 5.75 Å². The molecule has 0 amide bonds. The van der Waals surface area contributed by atoms with Crippen LogP contribution in [0.25, 0.3) is 43.5 Å². The summed E-state index contributed by atoms with van der Waals surface area (Å²) < 4.78 is 6.12. The molecular formula is C20H12O2. The average molecular weight is 284 g/mol. The molecule has 5 rings (SSSR count). The van der Waals surface area contributed by atoms with Gasteiger partial charge in [0.15, 0.2) is 0 Å². The largest absolute Gasteiger partial charge is 0.507 e. The molecular weight excluding hydrogens is 272 g/mol. The zero-order chi connectivity index (χ0) is 14.7. The first-order valence-corrected chi connectivity index (χ1v) is 7.27. The zero-order valence-corrected chi connectivity index (χ0v) is 11.7. The second-order valence-electron chi connectivity index (χ2n) is 5.58. The summed E-state index contributed by atoms with van der Waals surface area (Å²) in [6, 6.07) is 21.9. The van der Waals surface area contributed by atoms with Gasteiger partial charge in [-0.25, -0.2) is 0 Å². The molecule has 0 aliphatic heterocycles. The molecule has 1 aromatic heterocycles. The van der Waals surface area contributed by atoms with Crippen LogP contribution < -0.4 is 0 Å². The molecule has 2 nitrogen and oxygen atoms in total. The lowest BCUT2D eigenvalue weighted by molar-refractivity contribution is 0.482. The fraction of sp³-hybridized carbons (Fsp3) is 0. The molecule has 0 saturated heterocycles. The van der Waals surface area contributed by atoms with Crippen molar-refractivity contribution in [3.05, 3.63) is 66.7 Å². The summed E-state index contributed by atoms with van der Waals surface area (Å²) in [6.07, 6.45) is 0. The van der Waals surface area contributed by atoms with Gasteiger partial charge in [0.1, 0.15) is 16.9 Å². The van der Waals surface area contributed by atoms with Gasteiger partial charge < -0.3 is 9.52 Å². The second-order valence-corrected chi connectivity index (χ2v) is 5.58. The van der Waals surface area contributed by atoms with Gasteiger partial charge in [-0.2, -0.15) is 0 Å². The topological polar surface area (TPSA) is 33.4 Å². The van der Waals surface area contributed by atoms with Crippen molar-refractivity contribution in [2.24, 2.45) is 0 Å². The fourth-order valence-electron chi connectivity index (χ4n) is 3.35. The van der Waals surface area contributed by atoms with Gasteiger partial charge >= 0.3 is 0 Å². The first-order valence-electron chi connectivity index (χ1n) is 7.27. The Balaban J connectivity index is 2.13. The van der Waals surface area contributed by atoms with Crippen LogP contribution in [0.3, 0.4) is 0 Å². The monoisotopic (exact) mass is 284 g/mol. The molecule has 1 N–H and O–H groups in total. The van der Waals surface area contributed by atoms with Crippen LogP contribution in [0, 0.1) is 0 Å². The van der Waals surface area contributed by atoms with Crippen molar-refractivity contribution in [2.75, 3.05) is 0 Å². The van der Waals surface area contributed by atoms with Crippen molar-refractivity contribution < 1.29 is 9.52 Å². The van der Waals surface area contributed by atoms with E-state index in [9.17, 15) is 5.11 Å². The maximum Gasteiger partial charge on any atom is 0.143 e. The average Bonchev–Trinajstić information content (AvgIpc) is 2.94. The van der Waals surface area contributed by atoms with E-state index in [1.165, 1.54) is 5.39 Å². The van der Waals surface area contributed by atoms with Crippen molar-refractivity contribution in [3.8, 4) is 5.75 Å². The minimum absolute atomic E-state index is 0.290. The molecule has 4 aromatic carbocycles. The number of phenolic OH excluding ortho intramolecular Hbond substituents is 1. The van der Waals surface area contributed by atoms with E-state index < -0.39 is 0 Å². The van der Waals surface area contributed by atoms with E-state index in [2.05, 4.69) is 18.2 Å². The number of benzene rings is 4. The first-order chi connectivity index (χ1) is 10.8. The van der Waals surface area contributed by atoms with E-state index in [1.54, 1.807) is 0 Å². The van der Waals surface area contributed by atoms with Gasteiger partial charge in [-0.15, -0.1) is 0 Å². The lowest BCUT2D eigenvalue weighted by Crippen LogP contribution is -1.76. The summed E-state index contributed by atoms with van der Waals surface area (Å²) in [4.78, 5) is 0. The van der Waals surface area contributed by atoms with Crippen molar-refractivity contribution in [1.29, 1.82) is 0 Å². The molecule has 0 spiro atoms. The van der Waals surface area contributed by atoms with E-state index in [4.69, 9.17) is 4.42 Å². The van der Waals surface area contributed by atoms with Crippen molar-refractivity contribution in [1.82, 2.24) is 0 Å². The first kappa shape index (κ1) is 11.6. The van der Waals surface area contributed by atoms with Gasteiger partial charge in [-0.1, -0.05) is 54.6 Å². The zero-order valence-electron chi connectivity index (χ0n) is 11.7. The van der Waals surface area contributed by atoms with Crippen molar-refractivity contribution in [3.63, 3.8) is 0 Å². The summed E-state index contributed by atoms with van der Waals surface area (Å²) >= 11 is 0. The standard InChI is InChI=1S/C20H12O2/c21-17-11-16-19-13-6-2-1-5-12(13)9-10-18(19)22-20(16)15-8-4-3-7-14(15)17/h1-11,21H. The van der Waals surface area contributed by atoms with Gasteiger partial charge in [0.25, 0.3) is 0 Å². The highest BCUT2D eigenvalue weighted by Crippen LogP contribution is 2.40. The van der Waals surface area contributed by atoms with Crippen LogP contribution in [0.2, 0.25) is 0 Å². The van der Waals surface area contributed by atoms with Crippen LogP contribution in [0.1, 0.15) is 0 Å². The summed E-state index contributed by atoms with van der Waals surface area (Å²) in [5.41, 5.74) is 1.68. The van der Waals surface area contributed by atoms with Crippen LogP contribution in [0.4, 0.5) is 0 Å². The molecule has 22 heavy (non-hydrogen) atoms. The van der Waals surface area contributed by atoms with Gasteiger partial charge in [-0.05, 0) is 22.9 Å². The Labute approximate surface area is 126 Å². The number of rotatable bonds is 0. The molecule has 0 aliphatic carbocycles. The number of hydrogen-bond acceptors (Lipinski definition) is 2. The molecule has 0 aliphatic rings. The highest BCUT2D eigenvalue weighted by atomic mass is 16.3. The molecule has 1 heterocycles. The third-order valence-electron chi connectivity index (χ3n) is 4.35. The van der Waals surface area contributed by atoms with Gasteiger partial charge in [-0.3, -0.25) is 0 Å². The molecule has 0 unspecified atom stereocenters. The van der Waals surface area contributed by atoms with Crippen LogP contribution >= 0.6 is 0 Å². The summed E-state index contributed by atoms with van der Waals surface area (Å²) in [6.45, 7) is 0. The summed E-state index contributed by atoms with van der Waals surface area (Å²) in [7, 11) is 0. The van der Waals surface area contributed by atoms with Crippen molar-refractivity contribution in [2.45, 2.75) is 0 Å². The third-order valence-corrected chi connectivity index (χ3v) is 4.35. The smallest absolute Gasteiger partial charge is 0.143 e. The van der Waals surface area contributed by atoms with Crippen molar-refractivity contribution >= 4 is 43.5 Å². The molecule has 0 saturated carbocycles. The maximum absolute atomic E-state index is 10.4. The van der Waals surface area contributed by atoms with E-state index >= 15 is 0 Å². The normalized spacial score (nSPS) is 11.8. The minimum atomic E-state index is 0.290. The number of aromatic hydroxyl groups is 1. The Kier molecular flexibility index (Phi) is 2.12. The molecule has 5 aromatic rings. The highest BCUT2D eigenvalue weighted by Gasteiger charge is 2.14. The SMILES string of the molecule is Oc1cc2c(oc3ccc4ccccc4c32)c2ccccc12. The van der Waals surface area contributed by atoms with E-state index in [0.717, 1.165) is 38.1 Å². The Morgan fingerprint density at radius 3 is 2.27 bits per heavy atom. The predicted octanol–water partition coefficient (Wildman–Crippen LogP) is 5.60. The van der Waals surface area contributed by atoms with E-state index in [0.29, 0.717) is 5.75 Å². The molecule has 0 fully saturated rings. The van der Waals surface area contributed by atoms with Gasteiger partial charge in [0.05, 0.1) is 0 Å².